The first-order chi connectivity index (χ1) is 7.66. The van der Waals surface area contributed by atoms with Crippen molar-refractivity contribution in [2.45, 2.75) is 19.4 Å². The van der Waals surface area contributed by atoms with E-state index in [9.17, 15) is 0 Å². The molecule has 0 radical (unpaired) electrons. The summed E-state index contributed by atoms with van der Waals surface area (Å²) in [6, 6.07) is 14.8. The zero-order valence-electron chi connectivity index (χ0n) is 10.0. The fourth-order valence-electron chi connectivity index (χ4n) is 1.93. The van der Waals surface area contributed by atoms with Crippen LogP contribution >= 0.6 is 12.4 Å². The van der Waals surface area contributed by atoms with Crippen LogP contribution in [-0.4, -0.2) is 0 Å². The van der Waals surface area contributed by atoms with Gasteiger partial charge in [-0.25, -0.2) is 0 Å². The molecule has 0 saturated heterocycles. The molecule has 0 amide bonds. The highest BCUT2D eigenvalue weighted by Gasteiger charge is 2.06. The predicted octanol–water partition coefficient (Wildman–Crippen LogP) is 4.23. The standard InChI is InChI=1S/C15H17N.ClH/c1-11(2)9-15(16)14-8-7-12-5-3-4-6-13(12)10-14;/h3-8,10,15H,1,9,16H2,2H3;1H/t15-;/m1./s1. The van der Waals surface area contributed by atoms with E-state index in [1.54, 1.807) is 0 Å². The zero-order chi connectivity index (χ0) is 11.5. The van der Waals surface area contributed by atoms with E-state index in [0.717, 1.165) is 12.0 Å². The van der Waals surface area contributed by atoms with E-state index < -0.39 is 0 Å². The van der Waals surface area contributed by atoms with Crippen LogP contribution in [0.5, 0.6) is 0 Å². The molecule has 1 atom stereocenters. The molecule has 0 heterocycles. The van der Waals surface area contributed by atoms with Gasteiger partial charge in [0.1, 0.15) is 0 Å². The molecule has 0 fully saturated rings. The number of rotatable bonds is 3. The van der Waals surface area contributed by atoms with E-state index in [-0.39, 0.29) is 18.4 Å². The Kier molecular flexibility index (Phi) is 4.73. The van der Waals surface area contributed by atoms with Crippen molar-refractivity contribution in [2.75, 3.05) is 0 Å². The van der Waals surface area contributed by atoms with Crippen LogP contribution in [0.25, 0.3) is 10.8 Å². The molecule has 2 heteroatoms. The Balaban J connectivity index is 0.00000144. The van der Waals surface area contributed by atoms with E-state index in [1.807, 2.05) is 6.92 Å². The first kappa shape index (κ1) is 13.8. The lowest BCUT2D eigenvalue weighted by Crippen LogP contribution is -2.10. The summed E-state index contributed by atoms with van der Waals surface area (Å²) in [5, 5.41) is 2.51. The summed E-state index contributed by atoms with van der Waals surface area (Å²) in [4.78, 5) is 0. The summed E-state index contributed by atoms with van der Waals surface area (Å²) in [6.45, 7) is 5.92. The molecule has 2 aromatic rings. The van der Waals surface area contributed by atoms with Gasteiger partial charge in [0.2, 0.25) is 0 Å². The second-order valence-corrected chi connectivity index (χ2v) is 4.37. The van der Waals surface area contributed by atoms with Crippen molar-refractivity contribution in [3.8, 4) is 0 Å². The fraction of sp³-hybridized carbons (Fsp3) is 0.200. The Bertz CT molecular complexity index is 519. The summed E-state index contributed by atoms with van der Waals surface area (Å²) in [5.74, 6) is 0. The molecule has 90 valence electrons. The largest absolute Gasteiger partial charge is 0.324 e. The Morgan fingerprint density at radius 2 is 1.82 bits per heavy atom. The van der Waals surface area contributed by atoms with Crippen LogP contribution in [-0.2, 0) is 0 Å². The lowest BCUT2D eigenvalue weighted by molar-refractivity contribution is 0.718. The van der Waals surface area contributed by atoms with Crippen molar-refractivity contribution in [2.24, 2.45) is 5.73 Å². The van der Waals surface area contributed by atoms with Crippen LogP contribution in [0.4, 0.5) is 0 Å². The van der Waals surface area contributed by atoms with Crippen LogP contribution in [0.15, 0.2) is 54.6 Å². The van der Waals surface area contributed by atoms with Crippen molar-refractivity contribution in [3.63, 3.8) is 0 Å². The lowest BCUT2D eigenvalue weighted by Gasteiger charge is -2.12. The van der Waals surface area contributed by atoms with E-state index in [2.05, 4.69) is 49.0 Å². The molecule has 17 heavy (non-hydrogen) atoms. The molecule has 1 nitrogen and oxygen atoms in total. The summed E-state index contributed by atoms with van der Waals surface area (Å²) < 4.78 is 0. The molecule has 0 saturated carbocycles. The Morgan fingerprint density at radius 1 is 1.18 bits per heavy atom. The Hall–Kier alpha value is -1.31. The summed E-state index contributed by atoms with van der Waals surface area (Å²) in [5.41, 5.74) is 8.43. The maximum Gasteiger partial charge on any atom is 0.0332 e. The minimum absolute atomic E-state index is 0. The molecule has 2 rings (SSSR count). The molecule has 0 aromatic heterocycles. The summed E-state index contributed by atoms with van der Waals surface area (Å²) >= 11 is 0. The number of hydrogen-bond donors (Lipinski definition) is 1. The van der Waals surface area contributed by atoms with Gasteiger partial charge in [-0.1, -0.05) is 42.0 Å². The van der Waals surface area contributed by atoms with Crippen molar-refractivity contribution in [3.05, 3.63) is 60.2 Å². The van der Waals surface area contributed by atoms with Gasteiger partial charge in [-0.3, -0.25) is 0 Å². The molecule has 0 unspecified atom stereocenters. The van der Waals surface area contributed by atoms with Crippen molar-refractivity contribution >= 4 is 23.2 Å². The van der Waals surface area contributed by atoms with Crippen LogP contribution in [0.1, 0.15) is 24.9 Å². The first-order valence-electron chi connectivity index (χ1n) is 5.55. The third-order valence-electron chi connectivity index (χ3n) is 2.77. The number of hydrogen-bond acceptors (Lipinski definition) is 1. The highest BCUT2D eigenvalue weighted by molar-refractivity contribution is 5.85. The van der Waals surface area contributed by atoms with E-state index in [4.69, 9.17) is 5.73 Å². The molecule has 2 aromatic carbocycles. The first-order valence-corrected chi connectivity index (χ1v) is 5.55. The number of fused-ring (bicyclic) bond motifs is 1. The van der Waals surface area contributed by atoms with Crippen molar-refractivity contribution in [1.82, 2.24) is 0 Å². The zero-order valence-corrected chi connectivity index (χ0v) is 10.8. The number of benzene rings is 2. The van der Waals surface area contributed by atoms with Crippen molar-refractivity contribution < 1.29 is 0 Å². The third-order valence-corrected chi connectivity index (χ3v) is 2.77. The normalized spacial score (nSPS) is 11.9. The monoisotopic (exact) mass is 247 g/mol. The molecule has 0 aliphatic rings. The maximum absolute atomic E-state index is 6.13. The SMILES string of the molecule is C=C(C)C[C@@H](N)c1ccc2ccccc2c1.Cl. The number of nitrogens with two attached hydrogens (primary N) is 1. The lowest BCUT2D eigenvalue weighted by atomic mass is 9.98. The van der Waals surface area contributed by atoms with Gasteiger partial charge >= 0.3 is 0 Å². The molecule has 2 N–H and O–H groups in total. The van der Waals surface area contributed by atoms with E-state index >= 15 is 0 Å². The van der Waals surface area contributed by atoms with Gasteiger partial charge < -0.3 is 5.73 Å². The molecular formula is C15H18ClN. The van der Waals surface area contributed by atoms with Gasteiger partial charge in [0.15, 0.2) is 0 Å². The second-order valence-electron chi connectivity index (χ2n) is 4.37. The highest BCUT2D eigenvalue weighted by atomic mass is 35.5. The summed E-state index contributed by atoms with van der Waals surface area (Å²) in [7, 11) is 0. The molecule has 0 spiro atoms. The molecule has 0 aliphatic carbocycles. The molecule has 0 aliphatic heterocycles. The maximum atomic E-state index is 6.13. The van der Waals surface area contributed by atoms with Crippen LogP contribution in [0, 0.1) is 0 Å². The van der Waals surface area contributed by atoms with Gasteiger partial charge in [0.05, 0.1) is 0 Å². The summed E-state index contributed by atoms with van der Waals surface area (Å²) in [6.07, 6.45) is 0.846. The van der Waals surface area contributed by atoms with Crippen LogP contribution < -0.4 is 5.73 Å². The van der Waals surface area contributed by atoms with Crippen LogP contribution in [0.3, 0.4) is 0 Å². The van der Waals surface area contributed by atoms with Gasteiger partial charge in [0, 0.05) is 6.04 Å². The molecule has 0 bridgehead atoms. The second kappa shape index (κ2) is 5.85. The average molecular weight is 248 g/mol. The predicted molar refractivity (Wildman–Crippen MR) is 77.6 cm³/mol. The number of halogens is 1. The smallest absolute Gasteiger partial charge is 0.0332 e. The Morgan fingerprint density at radius 3 is 2.47 bits per heavy atom. The quantitative estimate of drug-likeness (QED) is 0.808. The van der Waals surface area contributed by atoms with Gasteiger partial charge in [-0.2, -0.15) is 0 Å². The van der Waals surface area contributed by atoms with Crippen LogP contribution in [0.2, 0.25) is 0 Å². The van der Waals surface area contributed by atoms with E-state index in [0.29, 0.717) is 0 Å². The van der Waals surface area contributed by atoms with E-state index in [1.165, 1.54) is 16.3 Å². The van der Waals surface area contributed by atoms with Gasteiger partial charge in [-0.05, 0) is 35.7 Å². The minimum atomic E-state index is 0. The molecular weight excluding hydrogens is 230 g/mol. The Labute approximate surface area is 109 Å². The third kappa shape index (κ3) is 3.32. The topological polar surface area (TPSA) is 26.0 Å². The van der Waals surface area contributed by atoms with Crippen molar-refractivity contribution in [1.29, 1.82) is 0 Å². The highest BCUT2D eigenvalue weighted by Crippen LogP contribution is 2.22. The minimum Gasteiger partial charge on any atom is -0.324 e. The average Bonchev–Trinajstić information content (AvgIpc) is 2.27. The van der Waals surface area contributed by atoms with Gasteiger partial charge in [-0.15, -0.1) is 19.0 Å². The van der Waals surface area contributed by atoms with Gasteiger partial charge in [0.25, 0.3) is 0 Å². The fourth-order valence-corrected chi connectivity index (χ4v) is 1.93.